The van der Waals surface area contributed by atoms with Crippen molar-refractivity contribution in [2.45, 2.75) is 31.5 Å². The molecule has 0 radical (unpaired) electrons. The average molecular weight is 359 g/mol. The summed E-state index contributed by atoms with van der Waals surface area (Å²) in [6.45, 7) is 5.10. The van der Waals surface area contributed by atoms with Crippen molar-refractivity contribution in [2.75, 3.05) is 6.61 Å². The number of nitrogens with one attached hydrogen (secondary N) is 1. The van der Waals surface area contributed by atoms with E-state index < -0.39 is 39.0 Å². The maximum absolute atomic E-state index is 10.8. The Kier molecular flexibility index (Phi) is 4.39. The minimum atomic E-state index is -4.70. The van der Waals surface area contributed by atoms with Crippen molar-refractivity contribution in [3.63, 3.8) is 0 Å². The number of aliphatic hydroxyl groups excluding tert-OH is 2. The van der Waals surface area contributed by atoms with E-state index in [0.717, 1.165) is 10.9 Å². The van der Waals surface area contributed by atoms with Crippen molar-refractivity contribution in [1.29, 1.82) is 0 Å². The van der Waals surface area contributed by atoms with Crippen LogP contribution in [0.4, 0.5) is 0 Å². The van der Waals surface area contributed by atoms with Crippen molar-refractivity contribution in [3.05, 3.63) is 34.9 Å². The predicted octanol–water partition coefficient (Wildman–Crippen LogP) is -1.98. The summed E-state index contributed by atoms with van der Waals surface area (Å²) in [5.41, 5.74) is 1.53. The van der Waals surface area contributed by atoms with Gasteiger partial charge in [0, 0.05) is 17.1 Å². The van der Waals surface area contributed by atoms with Gasteiger partial charge in [0.15, 0.2) is 6.23 Å². The molecule has 2 aliphatic heterocycles. The molecule has 3 rings (SSSR count). The number of fused-ring (bicyclic) bond motifs is 1. The highest BCUT2D eigenvalue weighted by atomic mass is 31.2. The highest BCUT2D eigenvalue weighted by Crippen LogP contribution is 2.37. The fourth-order valence-electron chi connectivity index (χ4n) is 2.69. The third-order valence-corrected chi connectivity index (χ3v) is 4.28. The number of aryl methyl sites for hydroxylation is 1. The maximum atomic E-state index is 10.8. The normalized spacial score (nSPS) is 30.0. The average Bonchev–Trinajstić information content (AvgIpc) is 2.96. The number of hydrogen-bond donors (Lipinski definition) is 5. The number of nitrogens with zero attached hydrogens (tertiary/aromatic N) is 2. The van der Waals surface area contributed by atoms with Crippen LogP contribution in [0.1, 0.15) is 5.69 Å². The van der Waals surface area contributed by atoms with Crippen LogP contribution in [0.3, 0.4) is 0 Å². The molecule has 1 fully saturated rings. The van der Waals surface area contributed by atoms with Gasteiger partial charge in [0.25, 0.3) is 0 Å². The first-order chi connectivity index (χ1) is 11.2. The second-order valence-electron chi connectivity index (χ2n) is 5.65. The fourth-order valence-corrected chi connectivity index (χ4v) is 3.03. The van der Waals surface area contributed by atoms with Crippen LogP contribution in [-0.2, 0) is 13.8 Å². The topological polar surface area (TPSA) is 148 Å². The summed E-state index contributed by atoms with van der Waals surface area (Å²) in [4.78, 5) is 26.3. The molecule has 0 aromatic carbocycles. The molecule has 10 nitrogen and oxygen atoms in total. The number of aliphatic hydroxyl groups is 2. The lowest BCUT2D eigenvalue weighted by Crippen LogP contribution is -2.44. The van der Waals surface area contributed by atoms with E-state index in [2.05, 4.69) is 21.1 Å². The molecule has 1 aromatic heterocycles. The van der Waals surface area contributed by atoms with Crippen LogP contribution < -0.4 is 10.7 Å². The van der Waals surface area contributed by atoms with Gasteiger partial charge in [-0.2, -0.15) is 0 Å². The van der Waals surface area contributed by atoms with E-state index in [0.29, 0.717) is 5.49 Å². The highest BCUT2D eigenvalue weighted by Gasteiger charge is 2.46. The first kappa shape index (κ1) is 17.3. The SMILES string of the molecule is C=C1N=c2[nH]c(C)cc2=CN1[C@@H]1O[C@H](COP(=O)(O)O)[C@@H](O)C1O. The van der Waals surface area contributed by atoms with Gasteiger partial charge < -0.3 is 34.6 Å². The van der Waals surface area contributed by atoms with Crippen LogP contribution in [0.5, 0.6) is 0 Å². The van der Waals surface area contributed by atoms with Gasteiger partial charge in [-0.25, -0.2) is 9.56 Å². The first-order valence-corrected chi connectivity index (χ1v) is 8.64. The van der Waals surface area contributed by atoms with Crippen molar-refractivity contribution in [1.82, 2.24) is 9.88 Å². The summed E-state index contributed by atoms with van der Waals surface area (Å²) in [6.07, 6.45) is -3.16. The van der Waals surface area contributed by atoms with E-state index in [1.165, 1.54) is 4.90 Å². The maximum Gasteiger partial charge on any atom is 0.469 e. The molecular formula is C13H18N3O7P. The summed E-state index contributed by atoms with van der Waals surface area (Å²) in [6, 6.07) is 1.85. The predicted molar refractivity (Wildman–Crippen MR) is 80.4 cm³/mol. The summed E-state index contributed by atoms with van der Waals surface area (Å²) in [5.74, 6) is 0.289. The Morgan fingerprint density at radius 3 is 2.83 bits per heavy atom. The minimum Gasteiger partial charge on any atom is -0.387 e. The summed E-state index contributed by atoms with van der Waals surface area (Å²) < 4.78 is 20.6. The zero-order valence-electron chi connectivity index (χ0n) is 12.7. The summed E-state index contributed by atoms with van der Waals surface area (Å²) >= 11 is 0. The smallest absolute Gasteiger partial charge is 0.387 e. The lowest BCUT2D eigenvalue weighted by atomic mass is 10.1. The molecule has 0 bridgehead atoms. The molecule has 2 aliphatic rings. The van der Waals surface area contributed by atoms with Gasteiger partial charge in [-0.05, 0) is 13.0 Å². The van der Waals surface area contributed by atoms with E-state index >= 15 is 0 Å². The third-order valence-electron chi connectivity index (χ3n) is 3.80. The zero-order valence-corrected chi connectivity index (χ0v) is 13.6. The Hall–Kier alpha value is -1.52. The molecule has 0 amide bonds. The van der Waals surface area contributed by atoms with Gasteiger partial charge in [-0.3, -0.25) is 4.52 Å². The summed E-state index contributed by atoms with van der Waals surface area (Å²) in [5, 5.41) is 21.0. The van der Waals surface area contributed by atoms with E-state index in [9.17, 15) is 14.8 Å². The molecule has 1 saturated heterocycles. The molecule has 1 aromatic rings. The van der Waals surface area contributed by atoms with Gasteiger partial charge in [0.05, 0.1) is 6.61 Å². The number of aromatic nitrogens is 1. The van der Waals surface area contributed by atoms with E-state index in [1.807, 2.05) is 13.0 Å². The molecule has 3 heterocycles. The molecule has 132 valence electrons. The second-order valence-corrected chi connectivity index (χ2v) is 6.89. The molecule has 0 spiro atoms. The standard InChI is InChI=1S/C13H18N3O7P/c1-6-3-8-4-16(7(2)15-12(8)14-6)13-11(18)10(17)9(23-13)5-22-24(19,20)21/h3-4,9-11,13,17-18H,2,5H2,1H3,(H,14,15)(H2,19,20,21)/t9-,10-,11?,13-/m1/s1. The number of ether oxygens (including phenoxy) is 1. The van der Waals surface area contributed by atoms with Crippen molar-refractivity contribution < 1.29 is 33.8 Å². The van der Waals surface area contributed by atoms with Crippen LogP contribution in [-0.4, -0.2) is 61.0 Å². The largest absolute Gasteiger partial charge is 0.469 e. The fraction of sp³-hybridized carbons (Fsp3) is 0.462. The molecule has 5 N–H and O–H groups in total. The number of phosphoric ester groups is 1. The lowest BCUT2D eigenvalue weighted by Gasteiger charge is -2.29. The quantitative estimate of drug-likeness (QED) is 0.389. The monoisotopic (exact) mass is 359 g/mol. The van der Waals surface area contributed by atoms with Crippen LogP contribution in [0.25, 0.3) is 6.20 Å². The first-order valence-electron chi connectivity index (χ1n) is 7.11. The van der Waals surface area contributed by atoms with Gasteiger partial charge in [-0.1, -0.05) is 6.58 Å². The molecular weight excluding hydrogens is 341 g/mol. The second kappa shape index (κ2) is 6.08. The Bertz CT molecular complexity index is 816. The molecule has 24 heavy (non-hydrogen) atoms. The van der Waals surface area contributed by atoms with E-state index in [1.54, 1.807) is 6.20 Å². The van der Waals surface area contributed by atoms with Crippen molar-refractivity contribution in [3.8, 4) is 0 Å². The minimum absolute atomic E-state index is 0.289. The Morgan fingerprint density at radius 1 is 1.46 bits per heavy atom. The number of rotatable bonds is 4. The number of hydrogen-bond acceptors (Lipinski definition) is 7. The number of phosphoric acid groups is 1. The van der Waals surface area contributed by atoms with Gasteiger partial charge in [0.2, 0.25) is 0 Å². The van der Waals surface area contributed by atoms with Crippen LogP contribution in [0.15, 0.2) is 23.5 Å². The zero-order chi connectivity index (χ0) is 17.6. The molecule has 11 heteroatoms. The van der Waals surface area contributed by atoms with Crippen LogP contribution in [0, 0.1) is 6.92 Å². The van der Waals surface area contributed by atoms with Crippen molar-refractivity contribution in [2.24, 2.45) is 4.99 Å². The van der Waals surface area contributed by atoms with Crippen LogP contribution in [0.2, 0.25) is 0 Å². The number of aromatic amines is 1. The Balaban J connectivity index is 1.81. The van der Waals surface area contributed by atoms with E-state index in [-0.39, 0.29) is 5.82 Å². The highest BCUT2D eigenvalue weighted by molar-refractivity contribution is 7.46. The molecule has 1 unspecified atom stereocenters. The van der Waals surface area contributed by atoms with Gasteiger partial charge in [-0.15, -0.1) is 0 Å². The number of H-pyrrole nitrogens is 1. The molecule has 0 aliphatic carbocycles. The molecule has 4 atom stereocenters. The Morgan fingerprint density at radius 2 is 2.17 bits per heavy atom. The lowest BCUT2D eigenvalue weighted by molar-refractivity contribution is -0.0633. The van der Waals surface area contributed by atoms with Gasteiger partial charge >= 0.3 is 7.82 Å². The molecule has 0 saturated carbocycles. The van der Waals surface area contributed by atoms with Crippen LogP contribution >= 0.6 is 7.82 Å². The Labute approximate surface area is 136 Å². The van der Waals surface area contributed by atoms with Crippen molar-refractivity contribution >= 4 is 14.0 Å². The van der Waals surface area contributed by atoms with Gasteiger partial charge in [0.1, 0.15) is 29.6 Å². The summed E-state index contributed by atoms with van der Waals surface area (Å²) in [7, 11) is -4.70. The van der Waals surface area contributed by atoms with E-state index in [4.69, 9.17) is 14.5 Å². The third kappa shape index (κ3) is 3.31.